The molecule has 0 saturated carbocycles. The Labute approximate surface area is 103 Å². The van der Waals surface area contributed by atoms with Gasteiger partial charge in [0.15, 0.2) is 5.78 Å². The molecular formula is C14H19ClO. The molecule has 0 fully saturated rings. The summed E-state index contributed by atoms with van der Waals surface area (Å²) in [5.41, 5.74) is 0.865. The molecule has 88 valence electrons. The van der Waals surface area contributed by atoms with Crippen LogP contribution in [0, 0.1) is 5.92 Å². The Balaban J connectivity index is 2.36. The standard InChI is InChI=1S/C14H19ClO/c1-3-4-5-6-7-8-9-12-11(2)10-13(15)14(12)16/h4-5,9-11H,3,6-8H2,1-2H3/b5-4-,12-9+. The lowest BCUT2D eigenvalue weighted by Gasteiger charge is -2.01. The van der Waals surface area contributed by atoms with Crippen LogP contribution < -0.4 is 0 Å². The predicted octanol–water partition coefficient (Wildman–Crippen LogP) is 4.39. The predicted molar refractivity (Wildman–Crippen MR) is 69.5 cm³/mol. The van der Waals surface area contributed by atoms with Crippen LogP contribution in [0.25, 0.3) is 0 Å². The van der Waals surface area contributed by atoms with Crippen LogP contribution in [0.4, 0.5) is 0 Å². The van der Waals surface area contributed by atoms with Gasteiger partial charge in [0.2, 0.25) is 0 Å². The van der Waals surface area contributed by atoms with Crippen LogP contribution in [0.15, 0.2) is 34.9 Å². The summed E-state index contributed by atoms with van der Waals surface area (Å²) >= 11 is 5.79. The lowest BCUT2D eigenvalue weighted by Crippen LogP contribution is -2.00. The number of carbonyl (C=O) groups excluding carboxylic acids is 1. The summed E-state index contributed by atoms with van der Waals surface area (Å²) in [6.45, 7) is 4.14. The van der Waals surface area contributed by atoms with Crippen molar-refractivity contribution in [2.75, 3.05) is 0 Å². The third kappa shape index (κ3) is 3.64. The first-order valence-electron chi connectivity index (χ1n) is 5.94. The van der Waals surface area contributed by atoms with E-state index in [2.05, 4.69) is 19.1 Å². The van der Waals surface area contributed by atoms with Gasteiger partial charge in [-0.25, -0.2) is 0 Å². The van der Waals surface area contributed by atoms with Crippen molar-refractivity contribution in [1.29, 1.82) is 0 Å². The molecule has 0 aromatic heterocycles. The Morgan fingerprint density at radius 1 is 1.38 bits per heavy atom. The van der Waals surface area contributed by atoms with Gasteiger partial charge in [-0.05, 0) is 25.7 Å². The Morgan fingerprint density at radius 2 is 2.12 bits per heavy atom. The molecule has 0 aromatic rings. The lowest BCUT2D eigenvalue weighted by atomic mass is 10.0. The van der Waals surface area contributed by atoms with Crippen molar-refractivity contribution >= 4 is 17.4 Å². The minimum atomic E-state index is 0.0123. The molecule has 1 aliphatic carbocycles. The highest BCUT2D eigenvalue weighted by Gasteiger charge is 2.24. The molecule has 0 saturated heterocycles. The molecule has 1 aliphatic rings. The molecule has 0 bridgehead atoms. The molecule has 0 radical (unpaired) electrons. The van der Waals surface area contributed by atoms with Gasteiger partial charge in [-0.3, -0.25) is 4.79 Å². The van der Waals surface area contributed by atoms with Crippen molar-refractivity contribution in [1.82, 2.24) is 0 Å². The number of hydrogen-bond acceptors (Lipinski definition) is 1. The van der Waals surface area contributed by atoms with E-state index in [1.54, 1.807) is 0 Å². The minimum absolute atomic E-state index is 0.0123. The average Bonchev–Trinajstić information content (AvgIpc) is 2.49. The van der Waals surface area contributed by atoms with Crippen LogP contribution >= 0.6 is 11.6 Å². The highest BCUT2D eigenvalue weighted by atomic mass is 35.5. The second-order valence-electron chi connectivity index (χ2n) is 4.10. The Morgan fingerprint density at radius 3 is 2.69 bits per heavy atom. The largest absolute Gasteiger partial charge is 0.288 e. The number of hydrogen-bond donors (Lipinski definition) is 0. The van der Waals surface area contributed by atoms with E-state index in [1.807, 2.05) is 19.1 Å². The Bertz CT molecular complexity index is 337. The summed E-state index contributed by atoms with van der Waals surface area (Å²) in [5.74, 6) is 0.199. The van der Waals surface area contributed by atoms with E-state index in [9.17, 15) is 4.79 Å². The topological polar surface area (TPSA) is 17.1 Å². The molecule has 0 heterocycles. The van der Waals surface area contributed by atoms with Crippen LogP contribution in [-0.2, 0) is 4.79 Å². The van der Waals surface area contributed by atoms with E-state index in [1.165, 1.54) is 0 Å². The number of carbonyl (C=O) groups is 1. The summed E-state index contributed by atoms with van der Waals surface area (Å²) in [6.07, 6.45) is 12.5. The van der Waals surface area contributed by atoms with Gasteiger partial charge in [0, 0.05) is 11.5 Å². The number of ketones is 1. The van der Waals surface area contributed by atoms with E-state index < -0.39 is 0 Å². The van der Waals surface area contributed by atoms with Crippen molar-refractivity contribution < 1.29 is 4.79 Å². The van der Waals surface area contributed by atoms with E-state index >= 15 is 0 Å². The maximum Gasteiger partial charge on any atom is 0.200 e. The quantitative estimate of drug-likeness (QED) is 0.394. The monoisotopic (exact) mass is 238 g/mol. The second kappa shape index (κ2) is 6.70. The smallest absolute Gasteiger partial charge is 0.200 e. The van der Waals surface area contributed by atoms with Crippen molar-refractivity contribution in [2.24, 2.45) is 5.92 Å². The van der Waals surface area contributed by atoms with Gasteiger partial charge in [0.05, 0.1) is 5.03 Å². The molecule has 0 aromatic carbocycles. The van der Waals surface area contributed by atoms with Crippen LogP contribution in [-0.4, -0.2) is 5.78 Å². The SMILES string of the molecule is CC/C=C\CCC/C=C1/C(=O)C(Cl)=CC1C. The summed E-state index contributed by atoms with van der Waals surface area (Å²) in [7, 11) is 0. The van der Waals surface area contributed by atoms with E-state index in [0.717, 1.165) is 31.3 Å². The first-order valence-corrected chi connectivity index (χ1v) is 6.31. The number of unbranched alkanes of at least 4 members (excludes halogenated alkanes) is 2. The molecule has 1 nitrogen and oxygen atoms in total. The zero-order valence-electron chi connectivity index (χ0n) is 10.0. The van der Waals surface area contributed by atoms with Crippen molar-refractivity contribution in [3.8, 4) is 0 Å². The molecule has 0 spiro atoms. The molecule has 1 rings (SSSR count). The maximum atomic E-state index is 11.6. The van der Waals surface area contributed by atoms with Gasteiger partial charge in [0.25, 0.3) is 0 Å². The van der Waals surface area contributed by atoms with Crippen molar-refractivity contribution in [3.63, 3.8) is 0 Å². The van der Waals surface area contributed by atoms with Crippen LogP contribution in [0.3, 0.4) is 0 Å². The fraction of sp³-hybridized carbons (Fsp3) is 0.500. The van der Waals surface area contributed by atoms with Crippen molar-refractivity contribution in [2.45, 2.75) is 39.5 Å². The zero-order chi connectivity index (χ0) is 12.0. The molecule has 2 heteroatoms. The molecule has 1 unspecified atom stereocenters. The van der Waals surface area contributed by atoms with Gasteiger partial charge in [-0.1, -0.05) is 49.8 Å². The number of rotatable bonds is 5. The first kappa shape index (κ1) is 13.2. The van der Waals surface area contributed by atoms with E-state index in [-0.39, 0.29) is 11.7 Å². The fourth-order valence-electron chi connectivity index (χ4n) is 1.79. The van der Waals surface area contributed by atoms with E-state index in [0.29, 0.717) is 5.03 Å². The summed E-state index contributed by atoms with van der Waals surface area (Å²) < 4.78 is 0. The maximum absolute atomic E-state index is 11.6. The van der Waals surface area contributed by atoms with Crippen molar-refractivity contribution in [3.05, 3.63) is 34.9 Å². The van der Waals surface area contributed by atoms with Gasteiger partial charge < -0.3 is 0 Å². The molecule has 0 N–H and O–H groups in total. The minimum Gasteiger partial charge on any atom is -0.288 e. The Hall–Kier alpha value is -0.820. The fourth-order valence-corrected chi connectivity index (χ4v) is 2.08. The lowest BCUT2D eigenvalue weighted by molar-refractivity contribution is -0.111. The third-order valence-corrected chi connectivity index (χ3v) is 3.01. The summed E-state index contributed by atoms with van der Waals surface area (Å²) in [5, 5.41) is 0.379. The molecule has 1 atom stereocenters. The normalized spacial score (nSPS) is 23.4. The van der Waals surface area contributed by atoms with Gasteiger partial charge in [-0.15, -0.1) is 0 Å². The van der Waals surface area contributed by atoms with Crippen LogP contribution in [0.1, 0.15) is 39.5 Å². The third-order valence-electron chi connectivity index (χ3n) is 2.71. The molecule has 0 amide bonds. The highest BCUT2D eigenvalue weighted by Crippen LogP contribution is 2.29. The van der Waals surface area contributed by atoms with Gasteiger partial charge >= 0.3 is 0 Å². The number of Topliss-reactive ketones (excluding diaryl/α,β-unsaturated/α-hetero) is 1. The van der Waals surface area contributed by atoms with E-state index in [4.69, 9.17) is 11.6 Å². The van der Waals surface area contributed by atoms with Gasteiger partial charge in [0.1, 0.15) is 0 Å². The Kier molecular flexibility index (Phi) is 5.54. The number of allylic oxidation sites excluding steroid dienone is 6. The van der Waals surface area contributed by atoms with Gasteiger partial charge in [-0.2, -0.15) is 0 Å². The molecule has 0 aliphatic heterocycles. The summed E-state index contributed by atoms with van der Waals surface area (Å²) in [4.78, 5) is 11.6. The first-order chi connectivity index (χ1) is 7.66. The summed E-state index contributed by atoms with van der Waals surface area (Å²) in [6, 6.07) is 0. The van der Waals surface area contributed by atoms with Crippen LogP contribution in [0.5, 0.6) is 0 Å². The average molecular weight is 239 g/mol. The zero-order valence-corrected chi connectivity index (χ0v) is 10.8. The second-order valence-corrected chi connectivity index (χ2v) is 4.51. The number of halogens is 1. The molecule has 16 heavy (non-hydrogen) atoms. The highest BCUT2D eigenvalue weighted by molar-refractivity contribution is 6.46. The molecular weight excluding hydrogens is 220 g/mol. The van der Waals surface area contributed by atoms with Crippen LogP contribution in [0.2, 0.25) is 0 Å².